The summed E-state index contributed by atoms with van der Waals surface area (Å²) in [5.41, 5.74) is 0.157. The van der Waals surface area contributed by atoms with E-state index in [4.69, 9.17) is 9.47 Å². The lowest BCUT2D eigenvalue weighted by atomic mass is 10.3. The number of hydrogen-bond acceptors (Lipinski definition) is 8. The summed E-state index contributed by atoms with van der Waals surface area (Å²) in [4.78, 5) is 22.6. The number of rotatable bonds is 8. The van der Waals surface area contributed by atoms with Gasteiger partial charge < -0.3 is 18.8 Å². The maximum absolute atomic E-state index is 12.8. The highest BCUT2D eigenvalue weighted by Crippen LogP contribution is 2.22. The van der Waals surface area contributed by atoms with E-state index >= 15 is 0 Å². The molecule has 0 saturated heterocycles. The zero-order valence-electron chi connectivity index (χ0n) is 12.9. The molecular weight excluding hydrogens is 366 g/mol. The van der Waals surface area contributed by atoms with Gasteiger partial charge in [0.15, 0.2) is 23.3 Å². The van der Waals surface area contributed by atoms with Gasteiger partial charge in [-0.25, -0.2) is 18.0 Å². The number of hydrogen-bond donors (Lipinski definition) is 0. The number of carbonyl (C=O) groups excluding carboxylic acids is 2. The maximum atomic E-state index is 12.8. The first kappa shape index (κ1) is 20.5. The predicted octanol–water partition coefficient (Wildman–Crippen LogP) is 1.23. The number of alkyl halides is 2. The van der Waals surface area contributed by atoms with E-state index in [-0.39, 0.29) is 17.1 Å². The zero-order valence-corrected chi connectivity index (χ0v) is 13.7. The van der Waals surface area contributed by atoms with E-state index in [1.54, 1.807) is 0 Å². The molecule has 0 aliphatic heterocycles. The van der Waals surface area contributed by atoms with Gasteiger partial charge in [0.25, 0.3) is 0 Å². The number of carbonyl (C=O) groups is 2. The summed E-state index contributed by atoms with van der Waals surface area (Å²) in [5.74, 6) is -1.87. The van der Waals surface area contributed by atoms with E-state index in [1.807, 2.05) is 0 Å². The normalized spacial score (nSPS) is 11.5. The Morgan fingerprint density at radius 2 is 1.88 bits per heavy atom. The Hall–Kier alpha value is -2.53. The Labute approximate surface area is 141 Å². The Morgan fingerprint density at radius 1 is 1.28 bits per heavy atom. The van der Waals surface area contributed by atoms with Gasteiger partial charge in [-0.05, 0) is 19.1 Å². The molecule has 0 aliphatic carbocycles. The lowest BCUT2D eigenvalue weighted by molar-refractivity contribution is -0.152. The molecule has 0 spiro atoms. The summed E-state index contributed by atoms with van der Waals surface area (Å²) in [6.07, 6.45) is 0. The lowest BCUT2D eigenvalue weighted by Crippen LogP contribution is -2.35. The first-order valence-electron chi connectivity index (χ1n) is 6.52. The SMILES string of the molecule is C=C(C)C(=O)Oc1cccc(OCC(=O)OCC(F)(F)S(=O)(=O)[O-])c1. The highest BCUT2D eigenvalue weighted by Gasteiger charge is 2.39. The number of halogens is 2. The third-order valence-corrected chi connectivity index (χ3v) is 3.34. The molecule has 0 unspecified atom stereocenters. The molecule has 0 fully saturated rings. The zero-order chi connectivity index (χ0) is 19.3. The van der Waals surface area contributed by atoms with Crippen molar-refractivity contribution in [2.45, 2.75) is 12.2 Å². The van der Waals surface area contributed by atoms with Crippen LogP contribution in [0.3, 0.4) is 0 Å². The maximum Gasteiger partial charge on any atom is 0.367 e. The molecule has 0 aromatic heterocycles. The molecular formula is C14H13F2O8S-. The van der Waals surface area contributed by atoms with Crippen molar-refractivity contribution in [3.8, 4) is 11.5 Å². The molecule has 138 valence electrons. The summed E-state index contributed by atoms with van der Waals surface area (Å²) in [6, 6.07) is 5.47. The predicted molar refractivity (Wildman–Crippen MR) is 78.0 cm³/mol. The van der Waals surface area contributed by atoms with Gasteiger partial charge in [0.05, 0.1) is 0 Å². The van der Waals surface area contributed by atoms with Gasteiger partial charge in [-0.3, -0.25) is 0 Å². The van der Waals surface area contributed by atoms with Gasteiger partial charge in [-0.15, -0.1) is 0 Å². The topological polar surface area (TPSA) is 119 Å². The third-order valence-electron chi connectivity index (χ3n) is 2.49. The second-order valence-electron chi connectivity index (χ2n) is 4.69. The van der Waals surface area contributed by atoms with Gasteiger partial charge in [0, 0.05) is 11.6 Å². The molecule has 1 rings (SSSR count). The Balaban J connectivity index is 2.57. The van der Waals surface area contributed by atoms with Crippen molar-refractivity contribution < 1.29 is 45.6 Å². The average molecular weight is 379 g/mol. The van der Waals surface area contributed by atoms with Crippen LogP contribution in [0.5, 0.6) is 11.5 Å². The van der Waals surface area contributed by atoms with E-state index in [0.29, 0.717) is 0 Å². The summed E-state index contributed by atoms with van der Waals surface area (Å²) in [6.45, 7) is 2.08. The smallest absolute Gasteiger partial charge is 0.367 e. The summed E-state index contributed by atoms with van der Waals surface area (Å²) in [5, 5.41) is -4.74. The van der Waals surface area contributed by atoms with Crippen LogP contribution in [0.2, 0.25) is 0 Å². The standard InChI is InChI=1S/C14H14F2O8S/c1-9(2)13(18)24-11-5-3-4-10(6-11)22-7-12(17)23-8-14(15,16)25(19,20)21/h3-6H,1,7-8H2,2H3,(H,19,20,21)/p-1. The fourth-order valence-electron chi connectivity index (χ4n) is 1.24. The molecule has 0 N–H and O–H groups in total. The monoisotopic (exact) mass is 379 g/mol. The van der Waals surface area contributed by atoms with Crippen molar-refractivity contribution in [3.63, 3.8) is 0 Å². The fraction of sp³-hybridized carbons (Fsp3) is 0.286. The van der Waals surface area contributed by atoms with Gasteiger partial charge in [-0.2, -0.15) is 8.78 Å². The Morgan fingerprint density at radius 3 is 2.44 bits per heavy atom. The van der Waals surface area contributed by atoms with Crippen LogP contribution >= 0.6 is 0 Å². The van der Waals surface area contributed by atoms with Crippen LogP contribution in [0.15, 0.2) is 36.4 Å². The van der Waals surface area contributed by atoms with Gasteiger partial charge in [-0.1, -0.05) is 12.6 Å². The molecule has 0 amide bonds. The van der Waals surface area contributed by atoms with Crippen LogP contribution in [0.25, 0.3) is 0 Å². The molecule has 0 heterocycles. The van der Waals surface area contributed by atoms with Crippen molar-refractivity contribution >= 4 is 22.1 Å². The first-order valence-corrected chi connectivity index (χ1v) is 7.92. The highest BCUT2D eigenvalue weighted by molar-refractivity contribution is 7.86. The molecule has 1 aromatic carbocycles. The number of esters is 2. The Kier molecular flexibility index (Phi) is 6.59. The van der Waals surface area contributed by atoms with E-state index in [2.05, 4.69) is 11.3 Å². The van der Waals surface area contributed by atoms with E-state index in [9.17, 15) is 31.3 Å². The lowest BCUT2D eigenvalue weighted by Gasteiger charge is -2.19. The Bertz CT molecular complexity index is 773. The van der Waals surface area contributed by atoms with Gasteiger partial charge >= 0.3 is 17.2 Å². The highest BCUT2D eigenvalue weighted by atomic mass is 32.2. The molecule has 0 radical (unpaired) electrons. The van der Waals surface area contributed by atoms with Crippen molar-refractivity contribution in [2.75, 3.05) is 13.2 Å². The first-order chi connectivity index (χ1) is 11.4. The van der Waals surface area contributed by atoms with Crippen molar-refractivity contribution in [1.82, 2.24) is 0 Å². The average Bonchev–Trinajstić information content (AvgIpc) is 2.50. The second-order valence-corrected chi connectivity index (χ2v) is 6.19. The second kappa shape index (κ2) is 8.03. The minimum atomic E-state index is -5.95. The molecule has 0 atom stereocenters. The van der Waals surface area contributed by atoms with Crippen LogP contribution in [-0.2, 0) is 24.4 Å². The van der Waals surface area contributed by atoms with Crippen molar-refractivity contribution in [3.05, 3.63) is 36.4 Å². The number of benzene rings is 1. The van der Waals surface area contributed by atoms with Gasteiger partial charge in [0.1, 0.15) is 11.5 Å². The molecule has 0 saturated carbocycles. The molecule has 1 aromatic rings. The van der Waals surface area contributed by atoms with Crippen LogP contribution in [0.4, 0.5) is 8.78 Å². The molecule has 8 nitrogen and oxygen atoms in total. The summed E-state index contributed by atoms with van der Waals surface area (Å²) >= 11 is 0. The van der Waals surface area contributed by atoms with Crippen LogP contribution in [-0.4, -0.2) is 43.4 Å². The minimum absolute atomic E-state index is 0.0483. The molecule has 0 bridgehead atoms. The summed E-state index contributed by atoms with van der Waals surface area (Å²) < 4.78 is 70.2. The minimum Gasteiger partial charge on any atom is -0.743 e. The number of ether oxygens (including phenoxy) is 3. The van der Waals surface area contributed by atoms with Crippen molar-refractivity contribution in [2.24, 2.45) is 0 Å². The van der Waals surface area contributed by atoms with Gasteiger partial charge in [0.2, 0.25) is 0 Å². The van der Waals surface area contributed by atoms with E-state index in [1.165, 1.54) is 31.2 Å². The third kappa shape index (κ3) is 6.47. The molecule has 25 heavy (non-hydrogen) atoms. The van der Waals surface area contributed by atoms with E-state index < -0.39 is 40.5 Å². The summed E-state index contributed by atoms with van der Waals surface area (Å²) in [7, 11) is -5.95. The fourth-order valence-corrected chi connectivity index (χ4v) is 1.45. The van der Waals surface area contributed by atoms with Crippen LogP contribution < -0.4 is 9.47 Å². The van der Waals surface area contributed by atoms with Crippen LogP contribution in [0, 0.1) is 0 Å². The molecule has 11 heteroatoms. The van der Waals surface area contributed by atoms with Crippen molar-refractivity contribution in [1.29, 1.82) is 0 Å². The molecule has 0 aliphatic rings. The largest absolute Gasteiger partial charge is 0.743 e. The van der Waals surface area contributed by atoms with E-state index in [0.717, 1.165) is 0 Å². The quantitative estimate of drug-likeness (QED) is 0.286. The van der Waals surface area contributed by atoms with Crippen LogP contribution in [0.1, 0.15) is 6.92 Å².